The van der Waals surface area contributed by atoms with Crippen LogP contribution >= 0.6 is 0 Å². The van der Waals surface area contributed by atoms with E-state index in [-0.39, 0.29) is 34.6 Å². The summed E-state index contributed by atoms with van der Waals surface area (Å²) in [6, 6.07) is 6.26. The summed E-state index contributed by atoms with van der Waals surface area (Å²) in [5, 5.41) is 18.6. The van der Waals surface area contributed by atoms with E-state index in [1.807, 2.05) is 0 Å². The predicted octanol–water partition coefficient (Wildman–Crippen LogP) is 3.15. The van der Waals surface area contributed by atoms with Gasteiger partial charge >= 0.3 is 6.18 Å². The summed E-state index contributed by atoms with van der Waals surface area (Å²) in [5.41, 5.74) is -2.31. The Bertz CT molecular complexity index is 1150. The van der Waals surface area contributed by atoms with E-state index < -0.39 is 28.8 Å². The van der Waals surface area contributed by atoms with Gasteiger partial charge in [-0.1, -0.05) is 17.3 Å². The van der Waals surface area contributed by atoms with Gasteiger partial charge in [-0.05, 0) is 18.9 Å². The van der Waals surface area contributed by atoms with Gasteiger partial charge in [-0.3, -0.25) is 14.9 Å². The van der Waals surface area contributed by atoms with Crippen molar-refractivity contribution in [3.63, 3.8) is 0 Å². The molecule has 0 saturated heterocycles. The smallest absolute Gasteiger partial charge is 0.337 e. The lowest BCUT2D eigenvalue weighted by Gasteiger charge is -2.11. The Morgan fingerprint density at radius 3 is 2.69 bits per heavy atom. The Morgan fingerprint density at radius 1 is 1.28 bits per heavy atom. The number of benzene rings is 1. The summed E-state index contributed by atoms with van der Waals surface area (Å²) in [5.74, 6) is -0.251. The average Bonchev–Trinajstić information content (AvgIpc) is 3.41. The molecular weight excluding hydrogens is 395 g/mol. The van der Waals surface area contributed by atoms with Crippen LogP contribution in [0.15, 0.2) is 39.6 Å². The van der Waals surface area contributed by atoms with Crippen molar-refractivity contribution >= 4 is 5.69 Å². The second-order valence-corrected chi connectivity index (χ2v) is 6.54. The molecule has 1 fully saturated rings. The largest absolute Gasteiger partial charge is 0.421 e. The first-order chi connectivity index (χ1) is 13.7. The molecule has 29 heavy (non-hydrogen) atoms. The van der Waals surface area contributed by atoms with Crippen molar-refractivity contribution in [2.75, 3.05) is 0 Å². The van der Waals surface area contributed by atoms with Crippen LogP contribution in [0.3, 0.4) is 0 Å². The van der Waals surface area contributed by atoms with Gasteiger partial charge in [-0.2, -0.15) is 23.3 Å². The molecule has 0 N–H and O–H groups in total. The molecule has 4 rings (SSSR count). The number of nitro benzene ring substituents is 1. The summed E-state index contributed by atoms with van der Waals surface area (Å²) in [6.07, 6.45) is -3.39. The second kappa shape index (κ2) is 6.79. The molecule has 3 aromatic rings. The summed E-state index contributed by atoms with van der Waals surface area (Å²) in [7, 11) is 0. The minimum atomic E-state index is -4.81. The summed E-state index contributed by atoms with van der Waals surface area (Å²) in [4.78, 5) is 26.5. The first-order valence-electron chi connectivity index (χ1n) is 8.49. The maximum Gasteiger partial charge on any atom is 0.421 e. The third kappa shape index (κ3) is 3.86. The molecule has 0 unspecified atom stereocenters. The minimum Gasteiger partial charge on any atom is -0.337 e. The molecule has 1 aliphatic carbocycles. The van der Waals surface area contributed by atoms with E-state index in [1.165, 1.54) is 24.3 Å². The average molecular weight is 407 g/mol. The highest BCUT2D eigenvalue weighted by Gasteiger charge is 2.37. The summed E-state index contributed by atoms with van der Waals surface area (Å²) >= 11 is 0. The van der Waals surface area contributed by atoms with Gasteiger partial charge in [0, 0.05) is 23.6 Å². The van der Waals surface area contributed by atoms with E-state index in [9.17, 15) is 28.1 Å². The van der Waals surface area contributed by atoms with Gasteiger partial charge in [0.1, 0.15) is 12.1 Å². The van der Waals surface area contributed by atoms with Crippen LogP contribution in [0, 0.1) is 10.1 Å². The van der Waals surface area contributed by atoms with E-state index in [0.717, 1.165) is 6.07 Å². The third-order valence-corrected chi connectivity index (χ3v) is 4.36. The van der Waals surface area contributed by atoms with Crippen molar-refractivity contribution < 1.29 is 22.6 Å². The van der Waals surface area contributed by atoms with Crippen LogP contribution in [0.5, 0.6) is 0 Å². The molecule has 12 heteroatoms. The number of hydrogen-bond donors (Lipinski definition) is 0. The van der Waals surface area contributed by atoms with Crippen molar-refractivity contribution in [2.45, 2.75) is 31.5 Å². The molecule has 0 amide bonds. The van der Waals surface area contributed by atoms with Crippen LogP contribution in [0.1, 0.15) is 35.9 Å². The minimum absolute atomic E-state index is 0.00569. The number of rotatable bonds is 5. The Hall–Kier alpha value is -3.57. The van der Waals surface area contributed by atoms with E-state index in [2.05, 4.69) is 15.2 Å². The molecule has 2 aromatic heterocycles. The monoisotopic (exact) mass is 407 g/mol. The van der Waals surface area contributed by atoms with Crippen molar-refractivity contribution in [1.29, 1.82) is 0 Å². The molecule has 1 aromatic carbocycles. The molecule has 150 valence electrons. The lowest BCUT2D eigenvalue weighted by atomic mass is 10.2. The fourth-order valence-corrected chi connectivity index (χ4v) is 2.77. The highest BCUT2D eigenvalue weighted by atomic mass is 19.4. The normalized spacial score (nSPS) is 14.2. The van der Waals surface area contributed by atoms with Crippen molar-refractivity contribution in [3.05, 3.63) is 67.9 Å². The van der Waals surface area contributed by atoms with Gasteiger partial charge in [0.05, 0.1) is 10.6 Å². The maximum atomic E-state index is 13.2. The molecule has 9 nitrogen and oxygen atoms in total. The first kappa shape index (κ1) is 18.8. The molecule has 0 radical (unpaired) electrons. The zero-order valence-corrected chi connectivity index (χ0v) is 14.6. The number of alkyl halides is 3. The molecule has 0 aliphatic heterocycles. The highest BCUT2D eigenvalue weighted by molar-refractivity contribution is 5.58. The van der Waals surface area contributed by atoms with Crippen molar-refractivity contribution in [2.24, 2.45) is 0 Å². The Kier molecular flexibility index (Phi) is 4.40. The van der Waals surface area contributed by atoms with E-state index in [1.54, 1.807) is 0 Å². The van der Waals surface area contributed by atoms with Crippen LogP contribution in [-0.4, -0.2) is 24.8 Å². The molecule has 2 heterocycles. The Labute approximate surface area is 159 Å². The zero-order chi connectivity index (χ0) is 20.8. The molecule has 0 spiro atoms. The zero-order valence-electron chi connectivity index (χ0n) is 14.6. The van der Waals surface area contributed by atoms with Crippen LogP contribution in [0.25, 0.3) is 11.4 Å². The number of aromatic nitrogens is 4. The summed E-state index contributed by atoms with van der Waals surface area (Å²) < 4.78 is 45.3. The number of non-ortho nitro benzene ring substituents is 1. The van der Waals surface area contributed by atoms with Crippen LogP contribution in [0.2, 0.25) is 0 Å². The number of nitro groups is 1. The van der Waals surface area contributed by atoms with Gasteiger partial charge < -0.3 is 4.52 Å². The SMILES string of the molecule is O=c1c(C(F)(F)F)cc(C2CC2)nn1Cc1nc(-c2cccc([N+](=O)[O-])c2)no1. The molecule has 1 saturated carbocycles. The lowest BCUT2D eigenvalue weighted by molar-refractivity contribution is -0.384. The topological polar surface area (TPSA) is 117 Å². The lowest BCUT2D eigenvalue weighted by Crippen LogP contribution is -2.31. The summed E-state index contributed by atoms with van der Waals surface area (Å²) in [6.45, 7) is -0.454. The highest BCUT2D eigenvalue weighted by Crippen LogP contribution is 2.40. The van der Waals surface area contributed by atoms with Gasteiger partial charge in [-0.15, -0.1) is 0 Å². The standard InChI is InChI=1S/C17H12F3N5O4/c18-17(19,20)12-7-13(9-4-5-9)22-24(16(12)26)8-14-21-15(23-29-14)10-2-1-3-11(6-10)25(27)28/h1-3,6-7,9H,4-5,8H2. The fourth-order valence-electron chi connectivity index (χ4n) is 2.77. The predicted molar refractivity (Wildman–Crippen MR) is 91.0 cm³/mol. The van der Waals surface area contributed by atoms with E-state index >= 15 is 0 Å². The van der Waals surface area contributed by atoms with Gasteiger partial charge in [0.2, 0.25) is 11.7 Å². The number of hydrogen-bond acceptors (Lipinski definition) is 7. The van der Waals surface area contributed by atoms with Gasteiger partial charge in [0.15, 0.2) is 0 Å². The van der Waals surface area contributed by atoms with Crippen LogP contribution < -0.4 is 5.56 Å². The van der Waals surface area contributed by atoms with Crippen molar-refractivity contribution in [3.8, 4) is 11.4 Å². The maximum absolute atomic E-state index is 13.2. The van der Waals surface area contributed by atoms with Crippen LogP contribution in [0.4, 0.5) is 18.9 Å². The van der Waals surface area contributed by atoms with Crippen molar-refractivity contribution in [1.82, 2.24) is 19.9 Å². The molecule has 1 aliphatic rings. The van der Waals surface area contributed by atoms with E-state index in [4.69, 9.17) is 4.52 Å². The first-order valence-corrected chi connectivity index (χ1v) is 8.49. The third-order valence-electron chi connectivity index (χ3n) is 4.36. The Morgan fingerprint density at radius 2 is 2.03 bits per heavy atom. The van der Waals surface area contributed by atoms with Gasteiger partial charge in [0.25, 0.3) is 11.2 Å². The quantitative estimate of drug-likeness (QED) is 0.471. The molecule has 0 atom stereocenters. The fraction of sp³-hybridized carbons (Fsp3) is 0.294. The van der Waals surface area contributed by atoms with E-state index in [0.29, 0.717) is 17.5 Å². The number of halogens is 3. The van der Waals surface area contributed by atoms with Gasteiger partial charge in [-0.25, -0.2) is 4.68 Å². The number of nitrogens with zero attached hydrogens (tertiary/aromatic N) is 5. The molecular formula is C17H12F3N5O4. The molecule has 0 bridgehead atoms. The van der Waals surface area contributed by atoms with Crippen LogP contribution in [-0.2, 0) is 12.7 Å². The second-order valence-electron chi connectivity index (χ2n) is 6.54. The Balaban J connectivity index is 1.67.